The molecule has 0 saturated heterocycles. The second-order valence-corrected chi connectivity index (χ2v) is 5.59. The lowest BCUT2D eigenvalue weighted by molar-refractivity contribution is -0.364. The van der Waals surface area contributed by atoms with Crippen LogP contribution in [0.2, 0.25) is 0 Å². The molecule has 0 aliphatic carbocycles. The van der Waals surface area contributed by atoms with Crippen LogP contribution in [0.3, 0.4) is 0 Å². The molecule has 0 spiro atoms. The molecule has 0 aromatic heterocycles. The van der Waals surface area contributed by atoms with Crippen molar-refractivity contribution in [3.8, 4) is 0 Å². The average molecular weight is 350 g/mol. The van der Waals surface area contributed by atoms with Crippen LogP contribution in [0.25, 0.3) is 0 Å². The summed E-state index contributed by atoms with van der Waals surface area (Å²) < 4.78 is 77.8. The number of carbonyl (C=O) groups is 2. The summed E-state index contributed by atoms with van der Waals surface area (Å²) in [4.78, 5) is 23.5. The van der Waals surface area contributed by atoms with Crippen LogP contribution < -0.4 is 0 Å². The normalized spacial score (nSPS) is 15.7. The van der Waals surface area contributed by atoms with Crippen molar-refractivity contribution in [2.45, 2.75) is 52.0 Å². The third-order valence-electron chi connectivity index (χ3n) is 3.03. The monoisotopic (exact) mass is 350 g/mol. The Morgan fingerprint density at radius 1 is 0.957 bits per heavy atom. The Kier molecular flexibility index (Phi) is 6.54. The van der Waals surface area contributed by atoms with E-state index in [2.05, 4.69) is 14.2 Å². The standard InChI is InChI=1S/C13H19F5O5/c1-6-10(2,3)8(19)23-12(9(20)21-5,13(16,17)18)22-7-11(4,14)15/h6-7H2,1-5H3. The minimum atomic E-state index is -5.62. The number of rotatable bonds is 7. The molecule has 0 aliphatic rings. The Morgan fingerprint density at radius 2 is 1.43 bits per heavy atom. The highest BCUT2D eigenvalue weighted by atomic mass is 19.4. The van der Waals surface area contributed by atoms with Gasteiger partial charge < -0.3 is 14.2 Å². The van der Waals surface area contributed by atoms with Crippen LogP contribution in [0.5, 0.6) is 0 Å². The molecule has 0 heterocycles. The van der Waals surface area contributed by atoms with Gasteiger partial charge in [0, 0.05) is 6.92 Å². The van der Waals surface area contributed by atoms with Crippen LogP contribution in [0, 0.1) is 5.41 Å². The van der Waals surface area contributed by atoms with E-state index in [0.29, 0.717) is 7.11 Å². The van der Waals surface area contributed by atoms with E-state index >= 15 is 0 Å². The molecular formula is C13H19F5O5. The quantitative estimate of drug-likeness (QED) is 0.401. The smallest absolute Gasteiger partial charge is 0.464 e. The minimum absolute atomic E-state index is 0.0743. The fourth-order valence-electron chi connectivity index (χ4n) is 1.16. The molecule has 0 radical (unpaired) electrons. The first-order chi connectivity index (χ1) is 10.1. The summed E-state index contributed by atoms with van der Waals surface area (Å²) in [6.45, 7) is 2.50. The molecule has 0 rings (SSSR count). The molecule has 0 amide bonds. The maximum absolute atomic E-state index is 13.3. The van der Waals surface area contributed by atoms with Gasteiger partial charge in [-0.25, -0.2) is 13.6 Å². The van der Waals surface area contributed by atoms with Crippen LogP contribution in [0.15, 0.2) is 0 Å². The predicted octanol–water partition coefficient (Wildman–Crippen LogP) is 3.07. The molecule has 0 fully saturated rings. The molecule has 5 nitrogen and oxygen atoms in total. The Balaban J connectivity index is 5.84. The van der Waals surface area contributed by atoms with Crippen molar-refractivity contribution in [2.75, 3.05) is 13.7 Å². The van der Waals surface area contributed by atoms with Gasteiger partial charge in [-0.3, -0.25) is 4.79 Å². The van der Waals surface area contributed by atoms with Gasteiger partial charge in [0.05, 0.1) is 12.5 Å². The lowest BCUT2D eigenvalue weighted by Crippen LogP contribution is -2.60. The van der Waals surface area contributed by atoms with Crippen molar-refractivity contribution in [2.24, 2.45) is 5.41 Å². The molecule has 23 heavy (non-hydrogen) atoms. The fourth-order valence-corrected chi connectivity index (χ4v) is 1.16. The third-order valence-corrected chi connectivity index (χ3v) is 3.03. The topological polar surface area (TPSA) is 61.8 Å². The molecular weight excluding hydrogens is 331 g/mol. The summed E-state index contributed by atoms with van der Waals surface area (Å²) in [5, 5.41) is 0. The van der Waals surface area contributed by atoms with Gasteiger partial charge in [0.1, 0.15) is 6.61 Å². The number of methoxy groups -OCH3 is 1. The first-order valence-electron chi connectivity index (χ1n) is 6.53. The van der Waals surface area contributed by atoms with Gasteiger partial charge in [-0.15, -0.1) is 0 Å². The highest BCUT2D eigenvalue weighted by Crippen LogP contribution is 2.39. The van der Waals surface area contributed by atoms with Crippen LogP contribution in [0.4, 0.5) is 22.0 Å². The number of hydrogen-bond acceptors (Lipinski definition) is 5. The van der Waals surface area contributed by atoms with Gasteiger partial charge in [-0.05, 0) is 20.3 Å². The maximum atomic E-state index is 13.3. The number of ether oxygens (including phenoxy) is 3. The van der Waals surface area contributed by atoms with Crippen molar-refractivity contribution < 1.29 is 45.8 Å². The Hall–Kier alpha value is -1.45. The largest absolute Gasteiger partial charge is 0.468 e. The summed E-state index contributed by atoms with van der Waals surface area (Å²) in [5.74, 6) is -11.6. The third kappa shape index (κ3) is 5.29. The van der Waals surface area contributed by atoms with E-state index in [1.54, 1.807) is 0 Å². The van der Waals surface area contributed by atoms with Crippen molar-refractivity contribution in [3.05, 3.63) is 0 Å². The fraction of sp³-hybridized carbons (Fsp3) is 0.846. The van der Waals surface area contributed by atoms with Crippen LogP contribution >= 0.6 is 0 Å². The lowest BCUT2D eigenvalue weighted by atomic mass is 9.90. The number of alkyl halides is 5. The van der Waals surface area contributed by atoms with Crippen LogP contribution in [0.1, 0.15) is 34.1 Å². The summed E-state index contributed by atoms with van der Waals surface area (Å²) in [6.07, 6.45) is -5.55. The van der Waals surface area contributed by atoms with Gasteiger partial charge in [0.25, 0.3) is 5.92 Å². The molecule has 10 heteroatoms. The van der Waals surface area contributed by atoms with E-state index in [1.165, 1.54) is 20.8 Å². The zero-order valence-corrected chi connectivity index (χ0v) is 13.3. The van der Waals surface area contributed by atoms with E-state index in [4.69, 9.17) is 0 Å². The molecule has 0 N–H and O–H groups in total. The number of carbonyl (C=O) groups excluding carboxylic acids is 2. The molecule has 1 atom stereocenters. The Bertz CT molecular complexity index is 441. The first kappa shape index (κ1) is 21.6. The van der Waals surface area contributed by atoms with E-state index in [-0.39, 0.29) is 13.3 Å². The highest BCUT2D eigenvalue weighted by molar-refractivity contribution is 5.84. The highest BCUT2D eigenvalue weighted by Gasteiger charge is 2.68. The second-order valence-electron chi connectivity index (χ2n) is 5.59. The Labute approximate surface area is 130 Å². The molecule has 0 saturated carbocycles. The summed E-state index contributed by atoms with van der Waals surface area (Å²) >= 11 is 0. The van der Waals surface area contributed by atoms with E-state index < -0.39 is 41.8 Å². The summed E-state index contributed by atoms with van der Waals surface area (Å²) in [5.41, 5.74) is -1.40. The molecule has 0 bridgehead atoms. The minimum Gasteiger partial charge on any atom is -0.464 e. The van der Waals surface area contributed by atoms with Gasteiger partial charge in [-0.1, -0.05) is 6.92 Å². The molecule has 0 aromatic rings. The van der Waals surface area contributed by atoms with Gasteiger partial charge in [-0.2, -0.15) is 13.2 Å². The number of hydrogen-bond donors (Lipinski definition) is 0. The van der Waals surface area contributed by atoms with E-state index in [1.807, 2.05) is 0 Å². The van der Waals surface area contributed by atoms with Crippen LogP contribution in [-0.4, -0.2) is 43.5 Å². The van der Waals surface area contributed by atoms with E-state index in [9.17, 15) is 31.5 Å². The van der Waals surface area contributed by atoms with Crippen LogP contribution in [-0.2, 0) is 23.8 Å². The molecule has 136 valence electrons. The second kappa shape index (κ2) is 6.98. The Morgan fingerprint density at radius 3 is 1.74 bits per heavy atom. The zero-order valence-electron chi connectivity index (χ0n) is 13.3. The molecule has 0 aromatic carbocycles. The maximum Gasteiger partial charge on any atom is 0.468 e. The van der Waals surface area contributed by atoms with Crippen molar-refractivity contribution in [1.29, 1.82) is 0 Å². The summed E-state index contributed by atoms with van der Waals surface area (Å²) in [7, 11) is 0.578. The van der Waals surface area contributed by atoms with Crippen molar-refractivity contribution >= 4 is 11.9 Å². The van der Waals surface area contributed by atoms with Gasteiger partial charge in [0.15, 0.2) is 0 Å². The summed E-state index contributed by atoms with van der Waals surface area (Å²) in [6, 6.07) is 0. The number of halogens is 5. The zero-order chi connectivity index (χ0) is 18.7. The van der Waals surface area contributed by atoms with Crippen molar-refractivity contribution in [1.82, 2.24) is 0 Å². The van der Waals surface area contributed by atoms with Gasteiger partial charge in [0.2, 0.25) is 0 Å². The number of esters is 2. The molecule has 0 aliphatic heterocycles. The van der Waals surface area contributed by atoms with E-state index in [0.717, 1.165) is 0 Å². The first-order valence-corrected chi connectivity index (χ1v) is 6.53. The van der Waals surface area contributed by atoms with Crippen molar-refractivity contribution in [3.63, 3.8) is 0 Å². The predicted molar refractivity (Wildman–Crippen MR) is 67.5 cm³/mol. The molecule has 1 unspecified atom stereocenters. The SMILES string of the molecule is CCC(C)(C)C(=O)OC(OCC(C)(F)F)(C(=O)OC)C(F)(F)F. The van der Waals surface area contributed by atoms with Gasteiger partial charge >= 0.3 is 23.9 Å². The lowest BCUT2D eigenvalue weighted by Gasteiger charge is -2.34. The average Bonchev–Trinajstić information content (AvgIpc) is 2.39.